The van der Waals surface area contributed by atoms with Gasteiger partial charge >= 0.3 is 6.18 Å². The van der Waals surface area contributed by atoms with Crippen molar-refractivity contribution >= 4 is 11.8 Å². The van der Waals surface area contributed by atoms with Crippen LogP contribution in [0.4, 0.5) is 13.2 Å². The number of alkyl halides is 3. The van der Waals surface area contributed by atoms with Crippen LogP contribution in [0.1, 0.15) is 27.9 Å². The first-order chi connectivity index (χ1) is 15.2. The van der Waals surface area contributed by atoms with Crippen molar-refractivity contribution in [2.45, 2.75) is 19.0 Å². The van der Waals surface area contributed by atoms with Gasteiger partial charge in [-0.05, 0) is 30.2 Å². The fourth-order valence-corrected chi connectivity index (χ4v) is 3.63. The number of nitrogens with zero attached hydrogens (tertiary/aromatic N) is 3. The summed E-state index contributed by atoms with van der Waals surface area (Å²) in [6, 6.07) is 6.01. The van der Waals surface area contributed by atoms with Crippen molar-refractivity contribution in [1.82, 2.24) is 14.8 Å². The van der Waals surface area contributed by atoms with Gasteiger partial charge in [0, 0.05) is 38.6 Å². The monoisotopic (exact) mass is 451 g/mol. The van der Waals surface area contributed by atoms with Gasteiger partial charge in [0.15, 0.2) is 11.5 Å². The molecule has 1 saturated heterocycles. The number of aromatic nitrogens is 1. The topological polar surface area (TPSA) is 72.0 Å². The standard InChI is InChI=1S/C22H24F3N3O4/c1-31-18-5-4-15(12-19(18)32-2)13-20(29)27-8-3-9-28(11-10-27)21(30)16-14-26-7-6-17(16)22(23,24)25/h4-7,12,14H,3,8-11,13H2,1-2H3. The van der Waals surface area contributed by atoms with Crippen LogP contribution in [0.5, 0.6) is 11.5 Å². The van der Waals surface area contributed by atoms with Crippen LogP contribution >= 0.6 is 0 Å². The Kier molecular flexibility index (Phi) is 7.22. The van der Waals surface area contributed by atoms with Gasteiger partial charge in [-0.3, -0.25) is 14.6 Å². The van der Waals surface area contributed by atoms with E-state index in [1.165, 1.54) is 19.1 Å². The lowest BCUT2D eigenvalue weighted by molar-refractivity contribution is -0.138. The van der Waals surface area contributed by atoms with Crippen molar-refractivity contribution < 1.29 is 32.2 Å². The SMILES string of the molecule is COc1ccc(CC(=O)N2CCCN(C(=O)c3cnccc3C(F)(F)F)CC2)cc1OC. The highest BCUT2D eigenvalue weighted by Gasteiger charge is 2.36. The molecule has 1 aliphatic heterocycles. The number of ether oxygens (including phenoxy) is 2. The molecule has 0 unspecified atom stereocenters. The van der Waals surface area contributed by atoms with Crippen molar-refractivity contribution in [3.63, 3.8) is 0 Å². The van der Waals surface area contributed by atoms with Crippen molar-refractivity contribution in [2.75, 3.05) is 40.4 Å². The molecule has 2 aromatic rings. The maximum absolute atomic E-state index is 13.3. The Hall–Kier alpha value is -3.30. The molecule has 0 aliphatic carbocycles. The highest BCUT2D eigenvalue weighted by molar-refractivity contribution is 5.95. The van der Waals surface area contributed by atoms with Crippen LogP contribution in [0.15, 0.2) is 36.7 Å². The summed E-state index contributed by atoms with van der Waals surface area (Å²) in [5, 5.41) is 0. The van der Waals surface area contributed by atoms with Crippen LogP contribution in [-0.2, 0) is 17.4 Å². The summed E-state index contributed by atoms with van der Waals surface area (Å²) in [6.07, 6.45) is -2.10. The van der Waals surface area contributed by atoms with Crippen LogP contribution < -0.4 is 9.47 Å². The predicted molar refractivity (Wildman–Crippen MR) is 110 cm³/mol. The fourth-order valence-electron chi connectivity index (χ4n) is 3.63. The van der Waals surface area contributed by atoms with Crippen LogP contribution in [0, 0.1) is 0 Å². The highest BCUT2D eigenvalue weighted by Crippen LogP contribution is 2.32. The third kappa shape index (κ3) is 5.30. The molecule has 0 saturated carbocycles. The lowest BCUT2D eigenvalue weighted by atomic mass is 10.1. The van der Waals surface area contributed by atoms with E-state index in [2.05, 4.69) is 4.98 Å². The van der Waals surface area contributed by atoms with Crippen molar-refractivity contribution in [1.29, 1.82) is 0 Å². The number of methoxy groups -OCH3 is 2. The van der Waals surface area contributed by atoms with E-state index in [0.29, 0.717) is 24.5 Å². The van der Waals surface area contributed by atoms with E-state index < -0.39 is 23.2 Å². The minimum Gasteiger partial charge on any atom is -0.493 e. The number of carbonyl (C=O) groups is 2. The number of hydrogen-bond acceptors (Lipinski definition) is 5. The number of rotatable bonds is 5. The highest BCUT2D eigenvalue weighted by atomic mass is 19.4. The second kappa shape index (κ2) is 9.88. The van der Waals surface area contributed by atoms with E-state index in [1.807, 2.05) is 0 Å². The van der Waals surface area contributed by atoms with Crippen molar-refractivity contribution in [2.24, 2.45) is 0 Å². The molecule has 0 spiro atoms. The second-order valence-electron chi connectivity index (χ2n) is 7.31. The third-order valence-corrected chi connectivity index (χ3v) is 5.30. The number of hydrogen-bond donors (Lipinski definition) is 0. The summed E-state index contributed by atoms with van der Waals surface area (Å²) in [5.41, 5.74) is -0.747. The van der Waals surface area contributed by atoms with Gasteiger partial charge in [-0.1, -0.05) is 6.07 Å². The zero-order chi connectivity index (χ0) is 23.3. The largest absolute Gasteiger partial charge is 0.493 e. The number of halogens is 3. The van der Waals surface area contributed by atoms with Gasteiger partial charge in [0.2, 0.25) is 5.91 Å². The summed E-state index contributed by atoms with van der Waals surface area (Å²) in [7, 11) is 3.03. The van der Waals surface area contributed by atoms with Crippen molar-refractivity contribution in [3.05, 3.63) is 53.3 Å². The minimum absolute atomic E-state index is 0.134. The smallest absolute Gasteiger partial charge is 0.417 e. The molecular formula is C22H24F3N3O4. The summed E-state index contributed by atoms with van der Waals surface area (Å²) in [4.78, 5) is 32.2. The normalized spacial score (nSPS) is 14.7. The number of benzene rings is 1. The van der Waals surface area contributed by atoms with Gasteiger partial charge in [-0.25, -0.2) is 0 Å². The van der Waals surface area contributed by atoms with E-state index in [9.17, 15) is 22.8 Å². The number of amides is 2. The summed E-state index contributed by atoms with van der Waals surface area (Å²) >= 11 is 0. The molecular weight excluding hydrogens is 427 g/mol. The first-order valence-electron chi connectivity index (χ1n) is 10.0. The first-order valence-corrected chi connectivity index (χ1v) is 10.0. The van der Waals surface area contributed by atoms with Crippen molar-refractivity contribution in [3.8, 4) is 11.5 Å². The Morgan fingerprint density at radius 2 is 1.69 bits per heavy atom. The summed E-state index contributed by atoms with van der Waals surface area (Å²) in [5.74, 6) is 0.201. The number of pyridine rings is 1. The quantitative estimate of drug-likeness (QED) is 0.699. The zero-order valence-corrected chi connectivity index (χ0v) is 17.8. The molecule has 0 atom stereocenters. The average Bonchev–Trinajstić information content (AvgIpc) is 3.04. The van der Waals surface area contributed by atoms with Gasteiger partial charge in [0.25, 0.3) is 5.91 Å². The lowest BCUT2D eigenvalue weighted by Crippen LogP contribution is -2.38. The molecule has 0 radical (unpaired) electrons. The molecule has 172 valence electrons. The van der Waals surface area contributed by atoms with Crippen LogP contribution in [0.25, 0.3) is 0 Å². The van der Waals surface area contributed by atoms with Gasteiger partial charge < -0.3 is 19.3 Å². The Morgan fingerprint density at radius 1 is 1.00 bits per heavy atom. The Morgan fingerprint density at radius 3 is 2.38 bits per heavy atom. The van der Waals surface area contributed by atoms with E-state index in [-0.39, 0.29) is 32.0 Å². The Bertz CT molecular complexity index is 981. The molecule has 1 aliphatic rings. The first kappa shape index (κ1) is 23.4. The van der Waals surface area contributed by atoms with E-state index in [0.717, 1.165) is 24.0 Å². The maximum Gasteiger partial charge on any atom is 0.417 e. The number of carbonyl (C=O) groups excluding carboxylic acids is 2. The summed E-state index contributed by atoms with van der Waals surface area (Å²) < 4.78 is 50.3. The van der Waals surface area contributed by atoms with Gasteiger partial charge in [-0.15, -0.1) is 0 Å². The molecule has 0 bridgehead atoms. The molecule has 1 aromatic carbocycles. The Balaban J connectivity index is 1.67. The Labute approximate surface area is 183 Å². The molecule has 2 amide bonds. The molecule has 1 fully saturated rings. The zero-order valence-electron chi connectivity index (χ0n) is 17.8. The predicted octanol–water partition coefficient (Wildman–Crippen LogP) is 3.03. The van der Waals surface area contributed by atoms with Gasteiger partial charge in [0.1, 0.15) is 0 Å². The minimum atomic E-state index is -4.65. The third-order valence-electron chi connectivity index (χ3n) is 5.30. The molecule has 10 heteroatoms. The molecule has 3 rings (SSSR count). The van der Waals surface area contributed by atoms with Crippen LogP contribution in [-0.4, -0.2) is 67.0 Å². The van der Waals surface area contributed by atoms with Crippen LogP contribution in [0.3, 0.4) is 0 Å². The van der Waals surface area contributed by atoms with E-state index in [1.54, 1.807) is 23.1 Å². The van der Waals surface area contributed by atoms with Crippen LogP contribution in [0.2, 0.25) is 0 Å². The lowest BCUT2D eigenvalue weighted by Gasteiger charge is -2.23. The fraction of sp³-hybridized carbons (Fsp3) is 0.409. The van der Waals surface area contributed by atoms with E-state index >= 15 is 0 Å². The van der Waals surface area contributed by atoms with Gasteiger partial charge in [-0.2, -0.15) is 13.2 Å². The molecule has 0 N–H and O–H groups in total. The molecule has 1 aromatic heterocycles. The summed E-state index contributed by atoms with van der Waals surface area (Å²) in [6.45, 7) is 1.04. The van der Waals surface area contributed by atoms with Gasteiger partial charge in [0.05, 0.1) is 31.8 Å². The molecule has 7 nitrogen and oxygen atoms in total. The molecule has 32 heavy (non-hydrogen) atoms. The average molecular weight is 451 g/mol. The second-order valence-corrected chi connectivity index (χ2v) is 7.31. The van der Waals surface area contributed by atoms with E-state index in [4.69, 9.17) is 9.47 Å². The molecule has 2 heterocycles. The maximum atomic E-state index is 13.3.